The van der Waals surface area contributed by atoms with E-state index in [1.165, 1.54) is 51.4 Å². The minimum absolute atomic E-state index is 0.0369. The third-order valence-corrected chi connectivity index (χ3v) is 8.31. The highest BCUT2D eigenvalue weighted by Crippen LogP contribution is 2.30. The van der Waals surface area contributed by atoms with Crippen molar-refractivity contribution >= 4 is 40.4 Å². The fourth-order valence-electron chi connectivity index (χ4n) is 5.29. The van der Waals surface area contributed by atoms with Gasteiger partial charge in [-0.15, -0.1) is 10.2 Å². The molecule has 0 fully saturated rings. The number of anilines is 1. The molecule has 4 rings (SSSR count). The molecule has 0 aliphatic rings. The van der Waals surface area contributed by atoms with Crippen LogP contribution in [-0.4, -0.2) is 45.0 Å². The van der Waals surface area contributed by atoms with Crippen molar-refractivity contribution in [3.8, 4) is 17.3 Å². The van der Waals surface area contributed by atoms with Gasteiger partial charge >= 0.3 is 0 Å². The number of rotatable bonds is 19. The van der Waals surface area contributed by atoms with Crippen molar-refractivity contribution in [3.05, 3.63) is 64.6 Å². The van der Waals surface area contributed by atoms with Gasteiger partial charge in [0, 0.05) is 22.8 Å². The van der Waals surface area contributed by atoms with Gasteiger partial charge in [-0.25, -0.2) is 4.52 Å². The number of carbonyl (C=O) groups excluding carboxylic acids is 1. The Bertz CT molecular complexity index is 1390. The molecule has 1 amide bonds. The van der Waals surface area contributed by atoms with Gasteiger partial charge < -0.3 is 9.64 Å². The second kappa shape index (κ2) is 17.3. The van der Waals surface area contributed by atoms with Crippen LogP contribution in [0, 0.1) is 0 Å². The number of amides is 1. The van der Waals surface area contributed by atoms with Crippen LogP contribution in [-0.2, 0) is 4.79 Å². The number of nitrogens with zero attached hydrogens (tertiary/aromatic N) is 4. The second-order valence-corrected chi connectivity index (χ2v) is 11.7. The van der Waals surface area contributed by atoms with Crippen LogP contribution < -0.4 is 15.0 Å². The van der Waals surface area contributed by atoms with E-state index in [9.17, 15) is 4.79 Å². The zero-order valence-electron chi connectivity index (χ0n) is 25.3. The molecule has 232 valence electrons. The van der Waals surface area contributed by atoms with Gasteiger partial charge in [-0.05, 0) is 49.7 Å². The molecule has 2 N–H and O–H groups in total. The van der Waals surface area contributed by atoms with Crippen LogP contribution in [0.1, 0.15) is 84.5 Å². The molecule has 8 nitrogen and oxygen atoms in total. The number of aromatic amines is 1. The van der Waals surface area contributed by atoms with Crippen molar-refractivity contribution in [1.82, 2.24) is 25.1 Å². The lowest BCUT2D eigenvalue weighted by atomic mass is 10.0. The van der Waals surface area contributed by atoms with E-state index in [1.54, 1.807) is 16.6 Å². The smallest absolute Gasteiger partial charge is 0.244 e. The summed E-state index contributed by atoms with van der Waals surface area (Å²) in [6.45, 7) is 4.94. The second-order valence-electron chi connectivity index (χ2n) is 10.9. The molecule has 0 aliphatic carbocycles. The topological polar surface area (TPSA) is 87.5 Å². The van der Waals surface area contributed by atoms with E-state index in [2.05, 4.69) is 27.5 Å². The fourth-order valence-corrected chi connectivity index (χ4v) is 5.64. The molecule has 2 aromatic heterocycles. The minimum Gasteiger partial charge on any atom is -0.461 e. The number of aromatic nitrogens is 4. The van der Waals surface area contributed by atoms with E-state index >= 15 is 0 Å². The number of H-pyrrole nitrogens is 1. The summed E-state index contributed by atoms with van der Waals surface area (Å²) in [5, 5.41) is 15.9. The standard InChI is InChI=1S/C33H44Cl2N6O2/c1-3-5-6-7-8-9-10-11-12-16-19-28(33(42)40(4-2)27-17-14-13-15-18-27)36-24-43-32-29(35)31-38-37-30(41(31)39-32)25-20-22-26(34)23-21-25/h13-15,17-18,20-23,28,36,39H,3-12,16,19,24H2,1-2H3. The highest BCUT2D eigenvalue weighted by molar-refractivity contribution is 6.34. The number of hydrogen-bond acceptors (Lipinski definition) is 5. The van der Waals surface area contributed by atoms with Gasteiger partial charge in [0.1, 0.15) is 11.8 Å². The first kappa shape index (κ1) is 32.8. The summed E-state index contributed by atoms with van der Waals surface area (Å²) in [4.78, 5) is 15.6. The maximum Gasteiger partial charge on any atom is 0.244 e. The van der Waals surface area contributed by atoms with E-state index in [1.807, 2.05) is 54.3 Å². The van der Waals surface area contributed by atoms with Crippen LogP contribution in [0.15, 0.2) is 54.6 Å². The third-order valence-electron chi connectivity index (χ3n) is 7.72. The van der Waals surface area contributed by atoms with Crippen LogP contribution >= 0.6 is 23.2 Å². The van der Waals surface area contributed by atoms with Gasteiger partial charge in [-0.2, -0.15) is 0 Å². The van der Waals surface area contributed by atoms with Gasteiger partial charge in [0.2, 0.25) is 11.8 Å². The van der Waals surface area contributed by atoms with Crippen molar-refractivity contribution in [2.45, 2.75) is 90.5 Å². The van der Waals surface area contributed by atoms with Crippen LogP contribution in [0.4, 0.5) is 5.69 Å². The number of ether oxygens (including phenoxy) is 1. The fraction of sp³-hybridized carbons (Fsp3) is 0.485. The van der Waals surface area contributed by atoms with E-state index in [-0.39, 0.29) is 12.6 Å². The van der Waals surface area contributed by atoms with Crippen molar-refractivity contribution < 1.29 is 9.53 Å². The van der Waals surface area contributed by atoms with Crippen LogP contribution in [0.3, 0.4) is 0 Å². The predicted molar refractivity (Wildman–Crippen MR) is 176 cm³/mol. The molecule has 2 aromatic carbocycles. The molecule has 1 atom stereocenters. The van der Waals surface area contributed by atoms with E-state index in [4.69, 9.17) is 27.9 Å². The molecule has 0 spiro atoms. The average molecular weight is 628 g/mol. The van der Waals surface area contributed by atoms with Gasteiger partial charge in [0.15, 0.2) is 11.5 Å². The number of para-hydroxylation sites is 1. The van der Waals surface area contributed by atoms with E-state index in [0.29, 0.717) is 33.9 Å². The summed E-state index contributed by atoms with van der Waals surface area (Å²) >= 11 is 12.6. The zero-order chi connectivity index (χ0) is 30.4. The Labute approximate surface area is 265 Å². The van der Waals surface area contributed by atoms with Crippen molar-refractivity contribution in [1.29, 1.82) is 0 Å². The lowest BCUT2D eigenvalue weighted by molar-refractivity contribution is -0.121. The highest BCUT2D eigenvalue weighted by atomic mass is 35.5. The maximum absolute atomic E-state index is 13.7. The van der Waals surface area contributed by atoms with Crippen molar-refractivity contribution in [2.24, 2.45) is 0 Å². The normalized spacial score (nSPS) is 12.1. The van der Waals surface area contributed by atoms with Crippen LogP contribution in [0.2, 0.25) is 10.0 Å². The summed E-state index contributed by atoms with van der Waals surface area (Å²) < 4.78 is 7.69. The lowest BCUT2D eigenvalue weighted by Gasteiger charge is -2.27. The van der Waals surface area contributed by atoms with Crippen molar-refractivity contribution in [2.75, 3.05) is 18.2 Å². The summed E-state index contributed by atoms with van der Waals surface area (Å²) in [7, 11) is 0. The summed E-state index contributed by atoms with van der Waals surface area (Å²) in [6.07, 6.45) is 13.2. The Balaban J connectivity index is 1.36. The number of carbonyl (C=O) groups is 1. The van der Waals surface area contributed by atoms with E-state index in [0.717, 1.165) is 30.5 Å². The Hall–Kier alpha value is -3.07. The maximum atomic E-state index is 13.7. The quantitative estimate of drug-likeness (QED) is 0.0802. The van der Waals surface area contributed by atoms with Gasteiger partial charge in [0.05, 0.1) is 6.04 Å². The molecule has 0 saturated heterocycles. The monoisotopic (exact) mass is 626 g/mol. The molecule has 0 radical (unpaired) electrons. The Morgan fingerprint density at radius 3 is 2.21 bits per heavy atom. The summed E-state index contributed by atoms with van der Waals surface area (Å²) in [5.74, 6) is 0.983. The van der Waals surface area contributed by atoms with Crippen LogP contribution in [0.5, 0.6) is 5.88 Å². The minimum atomic E-state index is -0.390. The SMILES string of the molecule is CCCCCCCCCCCCC(NCOc1[nH]n2c(-c3ccc(Cl)cc3)nnc2c1Cl)C(=O)N(CC)c1ccccc1. The molecule has 4 aromatic rings. The third kappa shape index (κ3) is 9.21. The Morgan fingerprint density at radius 1 is 0.907 bits per heavy atom. The van der Waals surface area contributed by atoms with E-state index < -0.39 is 6.04 Å². The molecule has 10 heteroatoms. The lowest BCUT2D eigenvalue weighted by Crippen LogP contribution is -2.47. The molecule has 43 heavy (non-hydrogen) atoms. The number of benzene rings is 2. The summed E-state index contributed by atoms with van der Waals surface area (Å²) in [6, 6.07) is 16.7. The number of halogens is 2. The van der Waals surface area contributed by atoms with Crippen LogP contribution in [0.25, 0.3) is 17.0 Å². The van der Waals surface area contributed by atoms with Gasteiger partial charge in [0.25, 0.3) is 0 Å². The van der Waals surface area contributed by atoms with Crippen molar-refractivity contribution in [3.63, 3.8) is 0 Å². The van der Waals surface area contributed by atoms with Gasteiger partial charge in [-0.3, -0.25) is 15.2 Å². The number of hydrogen-bond donors (Lipinski definition) is 2. The first-order valence-corrected chi connectivity index (χ1v) is 16.4. The molecular formula is C33H44Cl2N6O2. The predicted octanol–water partition coefficient (Wildman–Crippen LogP) is 8.69. The number of unbranched alkanes of at least 4 members (excludes halogenated alkanes) is 9. The largest absolute Gasteiger partial charge is 0.461 e. The highest BCUT2D eigenvalue weighted by Gasteiger charge is 2.25. The molecule has 0 saturated carbocycles. The molecule has 1 unspecified atom stereocenters. The zero-order valence-corrected chi connectivity index (χ0v) is 26.8. The number of nitrogens with one attached hydrogen (secondary N) is 2. The molecule has 0 aliphatic heterocycles. The molecule has 0 bridgehead atoms. The molecule has 2 heterocycles. The Morgan fingerprint density at radius 2 is 1.56 bits per heavy atom. The average Bonchev–Trinajstić information content (AvgIpc) is 3.58. The molecular weight excluding hydrogens is 583 g/mol. The van der Waals surface area contributed by atoms with Gasteiger partial charge in [-0.1, -0.05) is 113 Å². The first-order chi connectivity index (χ1) is 21.0. The number of fused-ring (bicyclic) bond motifs is 1. The Kier molecular flexibility index (Phi) is 13.2. The summed E-state index contributed by atoms with van der Waals surface area (Å²) in [5.41, 5.74) is 2.18. The number of likely N-dealkylation sites (N-methyl/N-ethyl adjacent to an activating group) is 1. The first-order valence-electron chi connectivity index (χ1n) is 15.6.